The summed E-state index contributed by atoms with van der Waals surface area (Å²) in [6, 6.07) is 16.8. The van der Waals surface area contributed by atoms with Gasteiger partial charge in [-0.3, -0.25) is 9.59 Å². The summed E-state index contributed by atoms with van der Waals surface area (Å²) in [6.07, 6.45) is 0.204. The van der Waals surface area contributed by atoms with Gasteiger partial charge in [-0.05, 0) is 30.2 Å². The van der Waals surface area contributed by atoms with Crippen LogP contribution in [0.15, 0.2) is 59.1 Å². The van der Waals surface area contributed by atoms with Crippen molar-refractivity contribution < 1.29 is 14.1 Å². The molecular weight excluding hydrogens is 330 g/mol. The molecular formula is C20H17N3O3. The van der Waals surface area contributed by atoms with Crippen molar-refractivity contribution in [2.24, 2.45) is 0 Å². The Morgan fingerprint density at radius 2 is 1.77 bits per heavy atom. The van der Waals surface area contributed by atoms with Gasteiger partial charge in [0.2, 0.25) is 5.89 Å². The van der Waals surface area contributed by atoms with E-state index in [1.165, 1.54) is 4.90 Å². The minimum atomic E-state index is -0.495. The number of ketones is 1. The number of carbonyl (C=O) groups is 2. The zero-order chi connectivity index (χ0) is 18.1. The highest BCUT2D eigenvalue weighted by molar-refractivity contribution is 5.99. The van der Waals surface area contributed by atoms with E-state index in [9.17, 15) is 9.59 Å². The maximum absolute atomic E-state index is 12.9. The molecule has 2 heterocycles. The summed E-state index contributed by atoms with van der Waals surface area (Å²) in [5.41, 5.74) is 2.64. The van der Waals surface area contributed by atoms with Crippen molar-refractivity contribution in [2.75, 3.05) is 6.54 Å². The zero-order valence-corrected chi connectivity index (χ0v) is 14.3. The molecule has 0 saturated carbocycles. The van der Waals surface area contributed by atoms with E-state index in [0.717, 1.165) is 11.1 Å². The van der Waals surface area contributed by atoms with Crippen LogP contribution in [-0.2, 0) is 4.79 Å². The Bertz CT molecular complexity index is 948. The summed E-state index contributed by atoms with van der Waals surface area (Å²) in [4.78, 5) is 30.5. The fourth-order valence-electron chi connectivity index (χ4n) is 3.17. The van der Waals surface area contributed by atoms with Crippen molar-refractivity contribution in [3.63, 3.8) is 0 Å². The van der Waals surface area contributed by atoms with Gasteiger partial charge in [-0.2, -0.15) is 4.98 Å². The standard InChI is InChI=1S/C20H17N3O3/c1-13-21-19(26-22-13)18-11-17(24)12-23(18)20(25)16-9-7-15(8-10-16)14-5-3-2-4-6-14/h2-10,18H,11-12H2,1H3. The molecule has 0 N–H and O–H groups in total. The molecule has 3 aromatic rings. The quantitative estimate of drug-likeness (QED) is 0.727. The first-order chi connectivity index (χ1) is 12.6. The molecule has 2 aromatic carbocycles. The fraction of sp³-hybridized carbons (Fsp3) is 0.200. The van der Waals surface area contributed by atoms with E-state index in [1.807, 2.05) is 42.5 Å². The Labute approximate surface area is 150 Å². The molecule has 0 aliphatic carbocycles. The van der Waals surface area contributed by atoms with Gasteiger partial charge < -0.3 is 9.42 Å². The summed E-state index contributed by atoms with van der Waals surface area (Å²) in [6.45, 7) is 1.77. The van der Waals surface area contributed by atoms with Crippen molar-refractivity contribution in [1.29, 1.82) is 0 Å². The molecule has 0 radical (unpaired) electrons. The molecule has 1 unspecified atom stereocenters. The summed E-state index contributed by atoms with van der Waals surface area (Å²) >= 11 is 0. The third-order valence-electron chi connectivity index (χ3n) is 4.47. The second kappa shape index (κ2) is 6.55. The van der Waals surface area contributed by atoms with E-state index in [4.69, 9.17) is 4.52 Å². The number of rotatable bonds is 3. The first-order valence-electron chi connectivity index (χ1n) is 8.40. The van der Waals surface area contributed by atoms with Crippen LogP contribution in [0.4, 0.5) is 0 Å². The lowest BCUT2D eigenvalue weighted by Gasteiger charge is -2.21. The average molecular weight is 347 g/mol. The van der Waals surface area contributed by atoms with Crippen molar-refractivity contribution in [3.8, 4) is 11.1 Å². The first kappa shape index (κ1) is 16.2. The summed E-state index contributed by atoms with van der Waals surface area (Å²) in [7, 11) is 0. The lowest BCUT2D eigenvalue weighted by Crippen LogP contribution is -2.31. The highest BCUT2D eigenvalue weighted by Gasteiger charge is 2.38. The maximum Gasteiger partial charge on any atom is 0.254 e. The molecule has 0 spiro atoms. The molecule has 6 nitrogen and oxygen atoms in total. The molecule has 1 aliphatic heterocycles. The summed E-state index contributed by atoms with van der Waals surface area (Å²) < 4.78 is 5.18. The van der Waals surface area contributed by atoms with Crippen molar-refractivity contribution >= 4 is 11.7 Å². The van der Waals surface area contributed by atoms with E-state index in [-0.39, 0.29) is 24.7 Å². The molecule has 1 atom stereocenters. The number of likely N-dealkylation sites (tertiary alicyclic amines) is 1. The van der Waals surface area contributed by atoms with Crippen molar-refractivity contribution in [2.45, 2.75) is 19.4 Å². The number of amides is 1. The smallest absolute Gasteiger partial charge is 0.254 e. The van der Waals surface area contributed by atoms with E-state index in [0.29, 0.717) is 17.3 Å². The van der Waals surface area contributed by atoms with E-state index in [2.05, 4.69) is 10.1 Å². The van der Waals surface area contributed by atoms with Crippen LogP contribution in [-0.4, -0.2) is 33.3 Å². The van der Waals surface area contributed by atoms with E-state index >= 15 is 0 Å². The van der Waals surface area contributed by atoms with Gasteiger partial charge in [0, 0.05) is 12.0 Å². The minimum absolute atomic E-state index is 0.0138. The average Bonchev–Trinajstić information content (AvgIpc) is 3.27. The lowest BCUT2D eigenvalue weighted by atomic mass is 10.0. The number of hydrogen-bond donors (Lipinski definition) is 0. The van der Waals surface area contributed by atoms with Gasteiger partial charge in [0.05, 0.1) is 6.54 Å². The maximum atomic E-state index is 12.9. The molecule has 1 aliphatic rings. The summed E-state index contributed by atoms with van der Waals surface area (Å²) in [5, 5.41) is 3.76. The normalized spacial score (nSPS) is 16.9. The Hall–Kier alpha value is -3.28. The van der Waals surface area contributed by atoms with Crippen LogP contribution >= 0.6 is 0 Å². The van der Waals surface area contributed by atoms with Crippen LogP contribution in [0.25, 0.3) is 11.1 Å². The third kappa shape index (κ3) is 3.01. The number of benzene rings is 2. The van der Waals surface area contributed by atoms with Crippen LogP contribution in [0.1, 0.15) is 34.5 Å². The second-order valence-corrected chi connectivity index (χ2v) is 6.31. The van der Waals surface area contributed by atoms with E-state index < -0.39 is 6.04 Å². The Morgan fingerprint density at radius 1 is 1.08 bits per heavy atom. The van der Waals surface area contributed by atoms with Crippen LogP contribution in [0.5, 0.6) is 0 Å². The molecule has 4 rings (SSSR count). The molecule has 26 heavy (non-hydrogen) atoms. The van der Waals surface area contributed by atoms with Gasteiger partial charge in [0.15, 0.2) is 11.6 Å². The number of carbonyl (C=O) groups excluding carboxylic acids is 2. The number of aromatic nitrogens is 2. The first-order valence-corrected chi connectivity index (χ1v) is 8.40. The number of nitrogens with zero attached hydrogens (tertiary/aromatic N) is 3. The van der Waals surface area contributed by atoms with Gasteiger partial charge in [0.1, 0.15) is 6.04 Å². The topological polar surface area (TPSA) is 76.3 Å². The molecule has 130 valence electrons. The Morgan fingerprint density at radius 3 is 2.42 bits per heavy atom. The number of hydrogen-bond acceptors (Lipinski definition) is 5. The molecule has 6 heteroatoms. The van der Waals surface area contributed by atoms with Crippen LogP contribution in [0, 0.1) is 6.92 Å². The van der Waals surface area contributed by atoms with Gasteiger partial charge in [-0.1, -0.05) is 47.6 Å². The molecule has 1 fully saturated rings. The number of Topliss-reactive ketones (excluding diaryl/α,β-unsaturated/α-hetero) is 1. The monoisotopic (exact) mass is 347 g/mol. The highest BCUT2D eigenvalue weighted by atomic mass is 16.5. The Kier molecular flexibility index (Phi) is 4.08. The van der Waals surface area contributed by atoms with Gasteiger partial charge in [-0.15, -0.1) is 0 Å². The SMILES string of the molecule is Cc1noc(C2CC(=O)CN2C(=O)c2ccc(-c3ccccc3)cc2)n1. The second-order valence-electron chi connectivity index (χ2n) is 6.31. The largest absolute Gasteiger partial charge is 0.337 e. The molecule has 1 amide bonds. The van der Waals surface area contributed by atoms with Gasteiger partial charge in [-0.25, -0.2) is 0 Å². The summed E-state index contributed by atoms with van der Waals surface area (Å²) in [5.74, 6) is 0.568. The Balaban J connectivity index is 1.59. The minimum Gasteiger partial charge on any atom is -0.337 e. The van der Waals surface area contributed by atoms with Crippen LogP contribution in [0.2, 0.25) is 0 Å². The highest BCUT2D eigenvalue weighted by Crippen LogP contribution is 2.31. The van der Waals surface area contributed by atoms with E-state index in [1.54, 1.807) is 19.1 Å². The fourth-order valence-corrected chi connectivity index (χ4v) is 3.17. The van der Waals surface area contributed by atoms with Crippen molar-refractivity contribution in [1.82, 2.24) is 15.0 Å². The predicted molar refractivity (Wildman–Crippen MR) is 94.3 cm³/mol. The zero-order valence-electron chi connectivity index (χ0n) is 14.3. The van der Waals surface area contributed by atoms with Crippen molar-refractivity contribution in [3.05, 3.63) is 71.9 Å². The molecule has 1 aromatic heterocycles. The third-order valence-corrected chi connectivity index (χ3v) is 4.47. The molecule has 1 saturated heterocycles. The van der Waals surface area contributed by atoms with Gasteiger partial charge in [0.25, 0.3) is 5.91 Å². The number of aryl methyl sites for hydroxylation is 1. The van der Waals surface area contributed by atoms with Gasteiger partial charge >= 0.3 is 0 Å². The van der Waals surface area contributed by atoms with Crippen LogP contribution < -0.4 is 0 Å². The predicted octanol–water partition coefficient (Wildman–Crippen LogP) is 3.20. The van der Waals surface area contributed by atoms with Crippen LogP contribution in [0.3, 0.4) is 0 Å². The lowest BCUT2D eigenvalue weighted by molar-refractivity contribution is -0.116. The molecule has 0 bridgehead atoms.